The predicted octanol–water partition coefficient (Wildman–Crippen LogP) is 0.825. The molecule has 3 aliphatic heterocycles. The number of benzene rings is 1. The summed E-state index contributed by atoms with van der Waals surface area (Å²) in [6.07, 6.45) is 0. The summed E-state index contributed by atoms with van der Waals surface area (Å²) >= 11 is 0. The van der Waals surface area contributed by atoms with E-state index >= 15 is 0 Å². The average molecular weight is 235 g/mol. The van der Waals surface area contributed by atoms with E-state index in [0.29, 0.717) is 5.56 Å². The third-order valence-corrected chi connectivity index (χ3v) is 4.00. The molecule has 1 aromatic carbocycles. The summed E-state index contributed by atoms with van der Waals surface area (Å²) in [7, 11) is 0. The molecule has 92 valence electrons. The maximum atomic E-state index is 13.7. The molecule has 3 aliphatic rings. The smallest absolute Gasteiger partial charge is 0.128 e. The second-order valence-electron chi connectivity index (χ2n) is 4.95. The van der Waals surface area contributed by atoms with E-state index < -0.39 is 0 Å². The van der Waals surface area contributed by atoms with Crippen molar-refractivity contribution in [2.75, 3.05) is 32.7 Å². The molecule has 2 unspecified atom stereocenters. The minimum atomic E-state index is -0.223. The van der Waals surface area contributed by atoms with Crippen molar-refractivity contribution in [3.8, 4) is 0 Å². The minimum absolute atomic E-state index is 0.183. The van der Waals surface area contributed by atoms with Gasteiger partial charge >= 0.3 is 0 Å². The van der Waals surface area contributed by atoms with Gasteiger partial charge in [-0.05, 0) is 6.07 Å². The van der Waals surface area contributed by atoms with Crippen LogP contribution in [-0.2, 0) is 0 Å². The van der Waals surface area contributed by atoms with Crippen LogP contribution in [0.3, 0.4) is 0 Å². The van der Waals surface area contributed by atoms with E-state index in [1.807, 2.05) is 6.07 Å². The normalized spacial score (nSPS) is 33.6. The molecule has 0 saturated carbocycles. The Kier molecular flexibility index (Phi) is 2.86. The van der Waals surface area contributed by atoms with Crippen molar-refractivity contribution in [3.63, 3.8) is 0 Å². The molecule has 4 rings (SSSR count). The molecule has 0 radical (unpaired) electrons. The van der Waals surface area contributed by atoms with E-state index in [2.05, 4.69) is 9.80 Å². The Labute approximate surface area is 101 Å². The third kappa shape index (κ3) is 1.97. The maximum Gasteiger partial charge on any atom is 0.128 e. The van der Waals surface area contributed by atoms with Crippen LogP contribution in [0.15, 0.2) is 24.3 Å². The molecular formula is C13H18FN3. The molecule has 2 atom stereocenters. The van der Waals surface area contributed by atoms with Gasteiger partial charge in [-0.3, -0.25) is 9.80 Å². The predicted molar refractivity (Wildman–Crippen MR) is 65.1 cm³/mol. The monoisotopic (exact) mass is 235 g/mol. The number of fused-ring (bicyclic) bond motifs is 3. The number of nitrogens with zero attached hydrogens (tertiary/aromatic N) is 2. The lowest BCUT2D eigenvalue weighted by Crippen LogP contribution is -2.63. The van der Waals surface area contributed by atoms with Crippen molar-refractivity contribution in [2.24, 2.45) is 5.73 Å². The second-order valence-corrected chi connectivity index (χ2v) is 4.95. The molecule has 1 aromatic rings. The van der Waals surface area contributed by atoms with Gasteiger partial charge in [-0.25, -0.2) is 4.39 Å². The van der Waals surface area contributed by atoms with Crippen LogP contribution in [0.5, 0.6) is 0 Å². The van der Waals surface area contributed by atoms with Gasteiger partial charge in [-0.1, -0.05) is 18.2 Å². The summed E-state index contributed by atoms with van der Waals surface area (Å²) in [6, 6.07) is 6.90. The summed E-state index contributed by atoms with van der Waals surface area (Å²) in [4.78, 5) is 4.82. The van der Waals surface area contributed by atoms with E-state index in [9.17, 15) is 4.39 Å². The van der Waals surface area contributed by atoms with E-state index in [-0.39, 0.29) is 17.9 Å². The van der Waals surface area contributed by atoms with E-state index in [1.165, 1.54) is 6.07 Å². The Morgan fingerprint density at radius 3 is 2.47 bits per heavy atom. The molecule has 3 saturated heterocycles. The van der Waals surface area contributed by atoms with Crippen molar-refractivity contribution in [2.45, 2.75) is 12.1 Å². The lowest BCUT2D eigenvalue weighted by Gasteiger charge is -2.49. The Balaban J connectivity index is 1.83. The molecule has 0 aliphatic carbocycles. The van der Waals surface area contributed by atoms with Crippen LogP contribution in [0.25, 0.3) is 0 Å². The number of piperazine rings is 3. The van der Waals surface area contributed by atoms with Gasteiger partial charge in [0.05, 0.1) is 0 Å². The summed E-state index contributed by atoms with van der Waals surface area (Å²) in [5.74, 6) is -0.183. The minimum Gasteiger partial charge on any atom is -0.323 e. The first-order chi connectivity index (χ1) is 8.25. The first-order valence-corrected chi connectivity index (χ1v) is 6.22. The molecule has 0 amide bonds. The Morgan fingerprint density at radius 1 is 1.18 bits per heavy atom. The molecule has 3 fully saturated rings. The van der Waals surface area contributed by atoms with Gasteiger partial charge < -0.3 is 5.73 Å². The van der Waals surface area contributed by atoms with Crippen LogP contribution in [-0.4, -0.2) is 48.6 Å². The molecule has 2 bridgehead atoms. The fourth-order valence-electron chi connectivity index (χ4n) is 2.95. The van der Waals surface area contributed by atoms with Gasteiger partial charge in [-0.15, -0.1) is 0 Å². The highest BCUT2D eigenvalue weighted by Crippen LogP contribution is 2.26. The Bertz CT molecular complexity index is 401. The van der Waals surface area contributed by atoms with Crippen LogP contribution < -0.4 is 5.73 Å². The highest BCUT2D eigenvalue weighted by molar-refractivity contribution is 5.23. The summed E-state index contributed by atoms with van der Waals surface area (Å²) in [5.41, 5.74) is 6.89. The van der Waals surface area contributed by atoms with Crippen molar-refractivity contribution >= 4 is 0 Å². The van der Waals surface area contributed by atoms with Gasteiger partial charge in [0.1, 0.15) is 5.82 Å². The number of hydrogen-bond donors (Lipinski definition) is 1. The molecular weight excluding hydrogens is 217 g/mol. The van der Waals surface area contributed by atoms with Crippen LogP contribution in [0.1, 0.15) is 11.6 Å². The maximum absolute atomic E-state index is 13.7. The Morgan fingerprint density at radius 2 is 1.88 bits per heavy atom. The zero-order valence-electron chi connectivity index (χ0n) is 9.85. The van der Waals surface area contributed by atoms with Gasteiger partial charge in [0.25, 0.3) is 0 Å². The topological polar surface area (TPSA) is 32.5 Å². The van der Waals surface area contributed by atoms with Gasteiger partial charge in [0, 0.05) is 50.4 Å². The standard InChI is InChI=1S/C13H18FN3/c14-11-4-2-1-3-10(11)13(15)12-9-16-5-7-17(12)8-6-16/h1-4,12-13H,5-9,15H2. The highest BCUT2D eigenvalue weighted by Gasteiger charge is 2.36. The van der Waals surface area contributed by atoms with Crippen LogP contribution in [0.4, 0.5) is 4.39 Å². The molecule has 0 spiro atoms. The van der Waals surface area contributed by atoms with Gasteiger partial charge in [0.15, 0.2) is 0 Å². The van der Waals surface area contributed by atoms with Crippen LogP contribution in [0.2, 0.25) is 0 Å². The first-order valence-electron chi connectivity index (χ1n) is 6.22. The van der Waals surface area contributed by atoms with E-state index in [4.69, 9.17) is 5.73 Å². The SMILES string of the molecule is NC(c1ccccc1F)C1CN2CCN1CC2. The number of halogens is 1. The van der Waals surface area contributed by atoms with Crippen LogP contribution in [0, 0.1) is 5.82 Å². The summed E-state index contributed by atoms with van der Waals surface area (Å²) < 4.78 is 13.7. The van der Waals surface area contributed by atoms with Gasteiger partial charge in [0.2, 0.25) is 0 Å². The largest absolute Gasteiger partial charge is 0.323 e. The van der Waals surface area contributed by atoms with Crippen molar-refractivity contribution < 1.29 is 4.39 Å². The quantitative estimate of drug-likeness (QED) is 0.824. The van der Waals surface area contributed by atoms with Gasteiger partial charge in [-0.2, -0.15) is 0 Å². The molecule has 4 heteroatoms. The van der Waals surface area contributed by atoms with E-state index in [1.54, 1.807) is 12.1 Å². The molecule has 2 N–H and O–H groups in total. The molecule has 0 aromatic heterocycles. The van der Waals surface area contributed by atoms with Crippen molar-refractivity contribution in [1.82, 2.24) is 9.80 Å². The van der Waals surface area contributed by atoms with Crippen LogP contribution >= 0.6 is 0 Å². The Hall–Kier alpha value is -0.970. The second kappa shape index (κ2) is 4.37. The third-order valence-electron chi connectivity index (χ3n) is 4.00. The lowest BCUT2D eigenvalue weighted by atomic mass is 9.94. The fourth-order valence-corrected chi connectivity index (χ4v) is 2.95. The van der Waals surface area contributed by atoms with Crippen molar-refractivity contribution in [3.05, 3.63) is 35.6 Å². The van der Waals surface area contributed by atoms with E-state index in [0.717, 1.165) is 32.7 Å². The molecule has 17 heavy (non-hydrogen) atoms. The van der Waals surface area contributed by atoms with Crippen molar-refractivity contribution in [1.29, 1.82) is 0 Å². The summed E-state index contributed by atoms with van der Waals surface area (Å²) in [6.45, 7) is 5.34. The number of nitrogens with two attached hydrogens (primary N) is 1. The first kappa shape index (κ1) is 11.1. The highest BCUT2D eigenvalue weighted by atomic mass is 19.1. The zero-order valence-corrected chi connectivity index (χ0v) is 9.85. The number of hydrogen-bond acceptors (Lipinski definition) is 3. The fraction of sp³-hybridized carbons (Fsp3) is 0.538. The molecule has 3 nitrogen and oxygen atoms in total. The average Bonchev–Trinajstić information content (AvgIpc) is 2.40. The molecule has 3 heterocycles. The lowest BCUT2D eigenvalue weighted by molar-refractivity contribution is 0.00171. The number of rotatable bonds is 2. The summed E-state index contributed by atoms with van der Waals surface area (Å²) in [5, 5.41) is 0. The zero-order chi connectivity index (χ0) is 11.8.